The van der Waals surface area contributed by atoms with Crippen LogP contribution in [0.2, 0.25) is 0 Å². The van der Waals surface area contributed by atoms with Crippen LogP contribution in [0.4, 0.5) is 0 Å². The first kappa shape index (κ1) is 16.5. The summed E-state index contributed by atoms with van der Waals surface area (Å²) in [5.74, 6) is -0.875. The first-order chi connectivity index (χ1) is 12.6. The Morgan fingerprint density at radius 2 is 2.04 bits per heavy atom. The van der Waals surface area contributed by atoms with Gasteiger partial charge in [-0.05, 0) is 43.2 Å². The predicted octanol–water partition coefficient (Wildman–Crippen LogP) is 2.41. The molecule has 0 radical (unpaired) electrons. The van der Waals surface area contributed by atoms with Crippen LogP contribution >= 0.6 is 0 Å². The van der Waals surface area contributed by atoms with E-state index in [1.165, 1.54) is 24.5 Å². The molecule has 1 unspecified atom stereocenters. The summed E-state index contributed by atoms with van der Waals surface area (Å²) in [5.41, 5.74) is 0.716. The zero-order chi connectivity index (χ0) is 18.1. The van der Waals surface area contributed by atoms with Crippen molar-refractivity contribution in [1.29, 1.82) is 0 Å². The number of nitrogens with zero attached hydrogens (tertiary/aromatic N) is 1. The lowest BCUT2D eigenvalue weighted by Crippen LogP contribution is -2.28. The molecule has 0 saturated carbocycles. The summed E-state index contributed by atoms with van der Waals surface area (Å²) >= 11 is 0. The maximum Gasteiger partial charge on any atom is 0.338 e. The third kappa shape index (κ3) is 3.01. The van der Waals surface area contributed by atoms with Gasteiger partial charge in [-0.3, -0.25) is 14.5 Å². The molecule has 1 fully saturated rings. The summed E-state index contributed by atoms with van der Waals surface area (Å²) in [5, 5.41) is 0. The molecule has 2 aliphatic heterocycles. The fourth-order valence-electron chi connectivity index (χ4n) is 3.15. The minimum Gasteiger partial charge on any atom is -0.467 e. The van der Waals surface area contributed by atoms with Crippen LogP contribution < -0.4 is 0 Å². The van der Waals surface area contributed by atoms with Crippen molar-refractivity contribution in [2.24, 2.45) is 0 Å². The van der Waals surface area contributed by atoms with Gasteiger partial charge in [-0.1, -0.05) is 0 Å². The van der Waals surface area contributed by atoms with Crippen molar-refractivity contribution >= 4 is 17.8 Å². The van der Waals surface area contributed by atoms with E-state index in [0.29, 0.717) is 12.4 Å². The number of rotatable bonds is 5. The zero-order valence-electron chi connectivity index (χ0n) is 14.0. The van der Waals surface area contributed by atoms with Crippen molar-refractivity contribution < 1.29 is 28.3 Å². The van der Waals surface area contributed by atoms with Gasteiger partial charge in [0.25, 0.3) is 11.8 Å². The van der Waals surface area contributed by atoms with Gasteiger partial charge in [0.1, 0.15) is 12.4 Å². The molecule has 1 saturated heterocycles. The topological polar surface area (TPSA) is 86.1 Å². The summed E-state index contributed by atoms with van der Waals surface area (Å²) in [6.45, 7) is 0.925. The van der Waals surface area contributed by atoms with Crippen molar-refractivity contribution in [1.82, 2.24) is 4.90 Å². The smallest absolute Gasteiger partial charge is 0.338 e. The second kappa shape index (κ2) is 6.76. The Labute approximate surface area is 149 Å². The number of hydrogen-bond donors (Lipinski definition) is 0. The van der Waals surface area contributed by atoms with E-state index in [1.54, 1.807) is 12.1 Å². The quantitative estimate of drug-likeness (QED) is 0.605. The summed E-state index contributed by atoms with van der Waals surface area (Å²) in [4.78, 5) is 38.3. The van der Waals surface area contributed by atoms with Crippen LogP contribution in [0.3, 0.4) is 0 Å². The Hall–Kier alpha value is -2.93. The molecule has 26 heavy (non-hydrogen) atoms. The van der Waals surface area contributed by atoms with Crippen LogP contribution in [0.5, 0.6) is 0 Å². The molecular formula is C19H17NO6. The van der Waals surface area contributed by atoms with Crippen LogP contribution in [-0.4, -0.2) is 42.0 Å². The molecule has 2 amide bonds. The van der Waals surface area contributed by atoms with E-state index in [2.05, 4.69) is 0 Å². The minimum atomic E-state index is -0.534. The lowest BCUT2D eigenvalue weighted by Gasteiger charge is -2.11. The average molecular weight is 355 g/mol. The second-order valence-corrected chi connectivity index (χ2v) is 6.27. The summed E-state index contributed by atoms with van der Waals surface area (Å²) in [6.07, 6.45) is 3.24. The molecule has 134 valence electrons. The van der Waals surface area contributed by atoms with Crippen molar-refractivity contribution in [2.75, 3.05) is 13.2 Å². The Kier molecular flexibility index (Phi) is 4.30. The van der Waals surface area contributed by atoms with Gasteiger partial charge in [0.2, 0.25) is 0 Å². The highest BCUT2D eigenvalue weighted by Crippen LogP contribution is 2.26. The first-order valence-electron chi connectivity index (χ1n) is 8.45. The molecule has 4 rings (SSSR count). The van der Waals surface area contributed by atoms with Crippen LogP contribution in [0.1, 0.15) is 49.7 Å². The van der Waals surface area contributed by atoms with E-state index < -0.39 is 17.8 Å². The predicted molar refractivity (Wildman–Crippen MR) is 88.6 cm³/mol. The molecule has 7 heteroatoms. The van der Waals surface area contributed by atoms with Gasteiger partial charge in [0.15, 0.2) is 0 Å². The van der Waals surface area contributed by atoms with E-state index in [9.17, 15) is 14.4 Å². The molecule has 1 aromatic heterocycles. The third-order valence-electron chi connectivity index (χ3n) is 4.52. The van der Waals surface area contributed by atoms with Crippen LogP contribution in [0.15, 0.2) is 41.0 Å². The molecule has 3 heterocycles. The van der Waals surface area contributed by atoms with Crippen LogP contribution in [0.25, 0.3) is 0 Å². The normalized spacial score (nSPS) is 19.1. The number of esters is 1. The molecule has 0 N–H and O–H groups in total. The molecular weight excluding hydrogens is 338 g/mol. The molecule has 0 spiro atoms. The van der Waals surface area contributed by atoms with Gasteiger partial charge in [-0.25, -0.2) is 4.79 Å². The minimum absolute atomic E-state index is 0.0537. The van der Waals surface area contributed by atoms with Gasteiger partial charge in [0.05, 0.1) is 35.6 Å². The lowest BCUT2D eigenvalue weighted by molar-refractivity contribution is 0.0161. The SMILES string of the molecule is O=C(OCC1CCCO1)c1ccc2c(c1)C(=O)N(Cc1ccco1)C2=O. The van der Waals surface area contributed by atoms with Gasteiger partial charge in [-0.2, -0.15) is 0 Å². The fraction of sp³-hybridized carbons (Fsp3) is 0.316. The fourth-order valence-corrected chi connectivity index (χ4v) is 3.15. The Bertz CT molecular complexity index is 851. The zero-order valence-corrected chi connectivity index (χ0v) is 14.0. The number of fused-ring (bicyclic) bond motifs is 1. The number of hydrogen-bond acceptors (Lipinski definition) is 6. The van der Waals surface area contributed by atoms with Gasteiger partial charge in [-0.15, -0.1) is 0 Å². The van der Waals surface area contributed by atoms with Crippen molar-refractivity contribution in [3.05, 3.63) is 59.0 Å². The maximum absolute atomic E-state index is 12.6. The summed E-state index contributed by atoms with van der Waals surface area (Å²) in [7, 11) is 0. The Morgan fingerprint density at radius 3 is 2.77 bits per heavy atom. The van der Waals surface area contributed by atoms with Crippen LogP contribution in [-0.2, 0) is 16.0 Å². The standard InChI is InChI=1S/C19H17NO6/c21-17-15-6-5-12(19(23)26-11-14-4-2-8-25-14)9-16(15)18(22)20(17)10-13-3-1-7-24-13/h1,3,5-7,9,14H,2,4,8,10-11H2. The maximum atomic E-state index is 12.6. The Balaban J connectivity index is 1.49. The molecule has 2 aromatic rings. The highest BCUT2D eigenvalue weighted by molar-refractivity contribution is 6.21. The van der Waals surface area contributed by atoms with E-state index in [4.69, 9.17) is 13.9 Å². The highest BCUT2D eigenvalue weighted by atomic mass is 16.6. The van der Waals surface area contributed by atoms with E-state index >= 15 is 0 Å². The second-order valence-electron chi connectivity index (χ2n) is 6.27. The number of amides is 2. The van der Waals surface area contributed by atoms with E-state index in [-0.39, 0.29) is 35.9 Å². The number of imide groups is 1. The van der Waals surface area contributed by atoms with Crippen molar-refractivity contribution in [3.8, 4) is 0 Å². The van der Waals surface area contributed by atoms with Crippen LogP contribution in [0, 0.1) is 0 Å². The monoisotopic (exact) mass is 355 g/mol. The van der Waals surface area contributed by atoms with Crippen molar-refractivity contribution in [2.45, 2.75) is 25.5 Å². The van der Waals surface area contributed by atoms with Gasteiger partial charge < -0.3 is 13.9 Å². The molecule has 2 aliphatic rings. The van der Waals surface area contributed by atoms with Gasteiger partial charge >= 0.3 is 5.97 Å². The third-order valence-corrected chi connectivity index (χ3v) is 4.52. The number of carbonyl (C=O) groups is 3. The number of ether oxygens (including phenoxy) is 2. The first-order valence-corrected chi connectivity index (χ1v) is 8.45. The van der Waals surface area contributed by atoms with Crippen molar-refractivity contribution in [3.63, 3.8) is 0 Å². The molecule has 0 aliphatic carbocycles. The van der Waals surface area contributed by atoms with E-state index in [0.717, 1.165) is 17.7 Å². The Morgan fingerprint density at radius 1 is 1.19 bits per heavy atom. The average Bonchev–Trinajstić information content (AvgIpc) is 3.39. The number of furan rings is 1. The van der Waals surface area contributed by atoms with E-state index in [1.807, 2.05) is 0 Å². The number of benzene rings is 1. The number of carbonyl (C=O) groups excluding carboxylic acids is 3. The summed E-state index contributed by atoms with van der Waals surface area (Å²) in [6, 6.07) is 7.78. The molecule has 7 nitrogen and oxygen atoms in total. The highest BCUT2D eigenvalue weighted by Gasteiger charge is 2.36. The lowest BCUT2D eigenvalue weighted by atomic mass is 10.1. The summed E-state index contributed by atoms with van der Waals surface area (Å²) < 4.78 is 15.9. The molecule has 1 aromatic carbocycles. The molecule has 0 bridgehead atoms. The van der Waals surface area contributed by atoms with Gasteiger partial charge in [0, 0.05) is 6.61 Å². The molecule has 1 atom stereocenters. The largest absolute Gasteiger partial charge is 0.467 e.